The van der Waals surface area contributed by atoms with Gasteiger partial charge in [0.15, 0.2) is 11.5 Å². The maximum atomic E-state index is 12.1. The molecule has 0 spiro atoms. The summed E-state index contributed by atoms with van der Waals surface area (Å²) in [6, 6.07) is 2.90. The molecule has 1 rings (SSSR count). The van der Waals surface area contributed by atoms with Crippen LogP contribution in [0.5, 0.6) is 11.5 Å². The number of nitrogens with two attached hydrogens (primary N) is 1. The Kier molecular flexibility index (Phi) is 6.84. The Labute approximate surface area is 139 Å². The van der Waals surface area contributed by atoms with E-state index in [2.05, 4.69) is 16.2 Å². The lowest BCUT2D eigenvalue weighted by molar-refractivity contribution is -0.123. The van der Waals surface area contributed by atoms with Gasteiger partial charge in [0.05, 0.1) is 13.2 Å². The minimum absolute atomic E-state index is 0.0443. The predicted octanol–water partition coefficient (Wildman–Crippen LogP) is 0.300. The van der Waals surface area contributed by atoms with Crippen molar-refractivity contribution in [3.05, 3.63) is 23.8 Å². The number of urea groups is 1. The van der Waals surface area contributed by atoms with Crippen molar-refractivity contribution in [1.29, 1.82) is 0 Å². The van der Waals surface area contributed by atoms with Crippen LogP contribution in [0.1, 0.15) is 31.1 Å². The molecule has 0 bridgehead atoms. The molecule has 0 aliphatic heterocycles. The number of primary amides is 1. The molecule has 0 aliphatic carbocycles. The van der Waals surface area contributed by atoms with Gasteiger partial charge in [-0.2, -0.15) is 0 Å². The molecule has 9 nitrogen and oxygen atoms in total. The smallest absolute Gasteiger partial charge is 0.312 e. The minimum atomic E-state index is -0.890. The van der Waals surface area contributed by atoms with E-state index in [1.807, 2.05) is 13.8 Å². The van der Waals surface area contributed by atoms with Gasteiger partial charge >= 0.3 is 6.03 Å². The molecule has 1 aromatic carbocycles. The molecule has 9 heteroatoms. The summed E-state index contributed by atoms with van der Waals surface area (Å²) in [4.78, 5) is 34.4. The molecule has 5 N–H and O–H groups in total. The summed E-state index contributed by atoms with van der Waals surface area (Å²) in [5.41, 5.74) is 9.61. The number of hydrogen-bond acceptors (Lipinski definition) is 5. The van der Waals surface area contributed by atoms with Gasteiger partial charge in [-0.05, 0) is 39.0 Å². The zero-order valence-corrected chi connectivity index (χ0v) is 14.0. The SMILES string of the molecule is COc1cc(C(=O)NNC(=O)C(C)NC(N)=O)ccc1OC(C)C. The van der Waals surface area contributed by atoms with E-state index in [1.54, 1.807) is 6.07 Å². The fraction of sp³-hybridized carbons (Fsp3) is 0.400. The average Bonchev–Trinajstić information content (AvgIpc) is 2.51. The molecule has 0 fully saturated rings. The van der Waals surface area contributed by atoms with E-state index in [9.17, 15) is 14.4 Å². The second-order valence-electron chi connectivity index (χ2n) is 5.21. The molecule has 0 heterocycles. The summed E-state index contributed by atoms with van der Waals surface area (Å²) < 4.78 is 10.7. The van der Waals surface area contributed by atoms with Crippen molar-refractivity contribution in [2.24, 2.45) is 5.73 Å². The maximum absolute atomic E-state index is 12.1. The second kappa shape index (κ2) is 8.61. The molecule has 4 amide bonds. The Hall–Kier alpha value is -2.97. The fourth-order valence-electron chi connectivity index (χ4n) is 1.74. The van der Waals surface area contributed by atoms with Crippen molar-refractivity contribution in [3.8, 4) is 11.5 Å². The van der Waals surface area contributed by atoms with Gasteiger partial charge in [-0.1, -0.05) is 0 Å². The number of amides is 4. The van der Waals surface area contributed by atoms with Crippen molar-refractivity contribution in [2.45, 2.75) is 32.9 Å². The van der Waals surface area contributed by atoms with E-state index >= 15 is 0 Å². The van der Waals surface area contributed by atoms with Crippen molar-refractivity contribution < 1.29 is 23.9 Å². The molecule has 24 heavy (non-hydrogen) atoms. The van der Waals surface area contributed by atoms with Gasteiger partial charge in [0.1, 0.15) is 6.04 Å². The maximum Gasteiger partial charge on any atom is 0.312 e. The number of benzene rings is 1. The van der Waals surface area contributed by atoms with Crippen LogP contribution in [0.15, 0.2) is 18.2 Å². The van der Waals surface area contributed by atoms with Crippen LogP contribution in [0.2, 0.25) is 0 Å². The van der Waals surface area contributed by atoms with E-state index < -0.39 is 23.9 Å². The first-order valence-corrected chi connectivity index (χ1v) is 7.25. The number of hydrogen-bond donors (Lipinski definition) is 4. The summed E-state index contributed by atoms with van der Waals surface area (Å²) in [6.45, 7) is 5.17. The molecule has 132 valence electrons. The number of carbonyl (C=O) groups is 3. The average molecular weight is 338 g/mol. The van der Waals surface area contributed by atoms with Crippen LogP contribution in [0.25, 0.3) is 0 Å². The lowest BCUT2D eigenvalue weighted by Gasteiger charge is -2.15. The number of rotatable bonds is 6. The first-order chi connectivity index (χ1) is 11.2. The zero-order chi connectivity index (χ0) is 18.3. The summed E-state index contributed by atoms with van der Waals surface area (Å²) in [5, 5.41) is 2.19. The summed E-state index contributed by atoms with van der Waals surface area (Å²) >= 11 is 0. The van der Waals surface area contributed by atoms with Gasteiger partial charge in [-0.15, -0.1) is 0 Å². The fourth-order valence-corrected chi connectivity index (χ4v) is 1.74. The highest BCUT2D eigenvalue weighted by molar-refractivity contribution is 5.96. The zero-order valence-electron chi connectivity index (χ0n) is 14.0. The van der Waals surface area contributed by atoms with Gasteiger partial charge in [-0.3, -0.25) is 20.4 Å². The van der Waals surface area contributed by atoms with Crippen molar-refractivity contribution >= 4 is 17.8 Å². The van der Waals surface area contributed by atoms with Crippen LogP contribution in [0, 0.1) is 0 Å². The molecule has 1 atom stereocenters. The molecular weight excluding hydrogens is 316 g/mol. The molecule has 1 unspecified atom stereocenters. The number of nitrogens with one attached hydrogen (secondary N) is 3. The Balaban J connectivity index is 2.71. The van der Waals surface area contributed by atoms with Gasteiger partial charge in [-0.25, -0.2) is 4.79 Å². The third-order valence-electron chi connectivity index (χ3n) is 2.84. The van der Waals surface area contributed by atoms with E-state index in [-0.39, 0.29) is 11.7 Å². The van der Waals surface area contributed by atoms with E-state index in [4.69, 9.17) is 15.2 Å². The normalized spacial score (nSPS) is 11.4. The number of methoxy groups -OCH3 is 1. The topological polar surface area (TPSA) is 132 Å². The largest absolute Gasteiger partial charge is 0.493 e. The van der Waals surface area contributed by atoms with Crippen molar-refractivity contribution in [1.82, 2.24) is 16.2 Å². The highest BCUT2D eigenvalue weighted by Gasteiger charge is 2.16. The third-order valence-corrected chi connectivity index (χ3v) is 2.84. The van der Waals surface area contributed by atoms with Crippen LogP contribution in [-0.4, -0.2) is 37.1 Å². The first kappa shape index (κ1) is 19.1. The molecule has 0 saturated heterocycles. The number of ether oxygens (including phenoxy) is 2. The third kappa shape index (κ3) is 5.67. The van der Waals surface area contributed by atoms with Crippen LogP contribution in [-0.2, 0) is 4.79 Å². The van der Waals surface area contributed by atoms with Crippen LogP contribution >= 0.6 is 0 Å². The Morgan fingerprint density at radius 2 is 1.75 bits per heavy atom. The number of carbonyl (C=O) groups excluding carboxylic acids is 3. The Morgan fingerprint density at radius 3 is 2.29 bits per heavy atom. The molecule has 0 aliphatic rings. The highest BCUT2D eigenvalue weighted by atomic mass is 16.5. The standard InChI is InChI=1S/C15H22N4O5/c1-8(2)24-11-6-5-10(7-12(11)23-4)14(21)19-18-13(20)9(3)17-15(16)22/h5-9H,1-4H3,(H,18,20)(H,19,21)(H3,16,17,22). The van der Waals surface area contributed by atoms with Gasteiger partial charge in [0.25, 0.3) is 11.8 Å². The quantitative estimate of drug-likeness (QED) is 0.554. The Morgan fingerprint density at radius 1 is 1.08 bits per heavy atom. The molecule has 1 aromatic rings. The Bertz CT molecular complexity index is 618. The summed E-state index contributed by atoms with van der Waals surface area (Å²) in [6.07, 6.45) is -0.0443. The minimum Gasteiger partial charge on any atom is -0.493 e. The first-order valence-electron chi connectivity index (χ1n) is 7.25. The lowest BCUT2D eigenvalue weighted by atomic mass is 10.2. The second-order valence-corrected chi connectivity index (χ2v) is 5.21. The van der Waals surface area contributed by atoms with E-state index in [0.717, 1.165) is 0 Å². The summed E-state index contributed by atoms with van der Waals surface area (Å²) in [7, 11) is 1.46. The number of hydrazine groups is 1. The summed E-state index contributed by atoms with van der Waals surface area (Å²) in [5.74, 6) is -0.267. The molecule has 0 aromatic heterocycles. The van der Waals surface area contributed by atoms with E-state index in [1.165, 1.54) is 26.2 Å². The van der Waals surface area contributed by atoms with Crippen molar-refractivity contribution in [2.75, 3.05) is 7.11 Å². The molecule has 0 saturated carbocycles. The van der Waals surface area contributed by atoms with E-state index in [0.29, 0.717) is 11.5 Å². The molecule has 0 radical (unpaired) electrons. The van der Waals surface area contributed by atoms with Crippen LogP contribution in [0.3, 0.4) is 0 Å². The van der Waals surface area contributed by atoms with Gasteiger partial charge < -0.3 is 20.5 Å². The monoisotopic (exact) mass is 338 g/mol. The van der Waals surface area contributed by atoms with Gasteiger partial charge in [0.2, 0.25) is 0 Å². The molecular formula is C15H22N4O5. The van der Waals surface area contributed by atoms with Crippen molar-refractivity contribution in [3.63, 3.8) is 0 Å². The van der Waals surface area contributed by atoms with Gasteiger partial charge in [0, 0.05) is 5.56 Å². The highest BCUT2D eigenvalue weighted by Crippen LogP contribution is 2.28. The lowest BCUT2D eigenvalue weighted by Crippen LogP contribution is -2.52. The predicted molar refractivity (Wildman–Crippen MR) is 86.5 cm³/mol. The van der Waals surface area contributed by atoms with Crippen LogP contribution < -0.4 is 31.4 Å². The van der Waals surface area contributed by atoms with Crippen LogP contribution in [0.4, 0.5) is 4.79 Å².